The van der Waals surface area contributed by atoms with Crippen molar-refractivity contribution in [2.45, 2.75) is 25.7 Å². The number of carboxylic acid groups (broad SMARTS) is 1. The molecule has 0 amide bonds. The van der Waals surface area contributed by atoms with Crippen molar-refractivity contribution in [1.82, 2.24) is 0 Å². The fourth-order valence-electron chi connectivity index (χ4n) is 1.92. The highest BCUT2D eigenvalue weighted by Gasteiger charge is 2.22. The van der Waals surface area contributed by atoms with Gasteiger partial charge in [0.05, 0.1) is 13.0 Å². The summed E-state index contributed by atoms with van der Waals surface area (Å²) in [5, 5.41) is 9.61. The third-order valence-corrected chi connectivity index (χ3v) is 3.16. The normalized spacial score (nSPS) is 12.6. The zero-order valence-electron chi connectivity index (χ0n) is 10.7. The molecular weight excluding hydrogens is 254 g/mol. The van der Waals surface area contributed by atoms with Gasteiger partial charge in [-0.1, -0.05) is 25.4 Å². The van der Waals surface area contributed by atoms with Gasteiger partial charge in [0, 0.05) is 17.1 Å². The second-order valence-electron chi connectivity index (χ2n) is 4.40. The van der Waals surface area contributed by atoms with Crippen LogP contribution < -0.4 is 10.5 Å². The summed E-state index contributed by atoms with van der Waals surface area (Å²) >= 11 is 6.20. The van der Waals surface area contributed by atoms with Gasteiger partial charge in [-0.05, 0) is 23.6 Å². The molecule has 0 saturated heterocycles. The smallest absolute Gasteiger partial charge is 0.312 e. The molecule has 0 radical (unpaired) electrons. The summed E-state index contributed by atoms with van der Waals surface area (Å²) in [6.07, 6.45) is 0. The second kappa shape index (κ2) is 6.07. The number of carboxylic acids is 1. The predicted octanol–water partition coefficient (Wildman–Crippen LogP) is 2.60. The number of hydrogen-bond donors (Lipinski definition) is 2. The van der Waals surface area contributed by atoms with Crippen LogP contribution >= 0.6 is 11.6 Å². The Bertz CT molecular complexity index is 446. The van der Waals surface area contributed by atoms with Crippen LogP contribution in [0.25, 0.3) is 0 Å². The molecule has 0 aromatic heterocycles. The van der Waals surface area contributed by atoms with Crippen LogP contribution in [-0.2, 0) is 4.79 Å². The topological polar surface area (TPSA) is 72.5 Å². The summed E-state index contributed by atoms with van der Waals surface area (Å²) in [6.45, 7) is 4.03. The fraction of sp³-hybridized carbons (Fsp3) is 0.462. The van der Waals surface area contributed by atoms with Crippen LogP contribution in [0, 0.1) is 0 Å². The van der Waals surface area contributed by atoms with Gasteiger partial charge in [0.15, 0.2) is 0 Å². The molecule has 100 valence electrons. The van der Waals surface area contributed by atoms with Crippen LogP contribution in [0.15, 0.2) is 12.1 Å². The van der Waals surface area contributed by atoms with Crippen molar-refractivity contribution in [2.75, 3.05) is 13.7 Å². The van der Waals surface area contributed by atoms with Crippen molar-refractivity contribution in [3.05, 3.63) is 28.3 Å². The first-order valence-corrected chi connectivity index (χ1v) is 6.10. The van der Waals surface area contributed by atoms with Crippen LogP contribution in [0.1, 0.15) is 36.8 Å². The van der Waals surface area contributed by atoms with E-state index in [1.165, 1.54) is 0 Å². The van der Waals surface area contributed by atoms with Crippen molar-refractivity contribution in [1.29, 1.82) is 0 Å². The standard InChI is InChI=1S/C13H18ClNO3/c1-7(2)12-10(14)4-8(5-11(12)18-3)9(6-15)13(16)17/h4-5,7,9H,6,15H2,1-3H3,(H,16,17). The van der Waals surface area contributed by atoms with Gasteiger partial charge in [0.2, 0.25) is 0 Å². The Kier molecular flexibility index (Phi) is 4.99. The molecule has 0 aliphatic rings. The minimum Gasteiger partial charge on any atom is -0.496 e. The molecule has 0 spiro atoms. The van der Waals surface area contributed by atoms with Gasteiger partial charge in [0.1, 0.15) is 5.75 Å². The van der Waals surface area contributed by atoms with Crippen LogP contribution in [0.3, 0.4) is 0 Å². The number of benzene rings is 1. The average molecular weight is 272 g/mol. The summed E-state index contributed by atoms with van der Waals surface area (Å²) in [6, 6.07) is 3.36. The van der Waals surface area contributed by atoms with E-state index in [1.54, 1.807) is 19.2 Å². The third kappa shape index (κ3) is 2.94. The molecule has 18 heavy (non-hydrogen) atoms. The van der Waals surface area contributed by atoms with Crippen molar-refractivity contribution in [3.8, 4) is 5.75 Å². The quantitative estimate of drug-likeness (QED) is 0.863. The van der Waals surface area contributed by atoms with Crippen molar-refractivity contribution < 1.29 is 14.6 Å². The number of ether oxygens (including phenoxy) is 1. The van der Waals surface area contributed by atoms with Crippen LogP contribution in [0.2, 0.25) is 5.02 Å². The number of methoxy groups -OCH3 is 1. The monoisotopic (exact) mass is 271 g/mol. The van der Waals surface area contributed by atoms with Gasteiger partial charge in [-0.2, -0.15) is 0 Å². The lowest BCUT2D eigenvalue weighted by Gasteiger charge is -2.18. The number of rotatable bonds is 5. The lowest BCUT2D eigenvalue weighted by molar-refractivity contribution is -0.138. The largest absolute Gasteiger partial charge is 0.496 e. The summed E-state index contributed by atoms with van der Waals surface area (Å²) in [5.41, 5.74) is 6.93. The van der Waals surface area contributed by atoms with E-state index in [1.807, 2.05) is 13.8 Å². The van der Waals surface area contributed by atoms with E-state index >= 15 is 0 Å². The molecule has 1 unspecified atom stereocenters. The van der Waals surface area contributed by atoms with Crippen molar-refractivity contribution >= 4 is 17.6 Å². The molecule has 0 fully saturated rings. The lowest BCUT2D eigenvalue weighted by Crippen LogP contribution is -2.21. The van der Waals surface area contributed by atoms with Crippen LogP contribution in [0.5, 0.6) is 5.75 Å². The molecular formula is C13H18ClNO3. The Labute approximate surface area is 112 Å². The molecule has 0 heterocycles. The minimum atomic E-state index is -0.965. The zero-order chi connectivity index (χ0) is 13.9. The maximum Gasteiger partial charge on any atom is 0.312 e. The van der Waals surface area contributed by atoms with Gasteiger partial charge in [-0.25, -0.2) is 0 Å². The molecule has 5 heteroatoms. The molecule has 3 N–H and O–H groups in total. The van der Waals surface area contributed by atoms with Gasteiger partial charge >= 0.3 is 5.97 Å². The predicted molar refractivity (Wildman–Crippen MR) is 71.5 cm³/mol. The van der Waals surface area contributed by atoms with E-state index < -0.39 is 11.9 Å². The Morgan fingerprint density at radius 3 is 2.50 bits per heavy atom. The van der Waals surface area contributed by atoms with Crippen molar-refractivity contribution in [2.24, 2.45) is 5.73 Å². The molecule has 0 aliphatic carbocycles. The van der Waals surface area contributed by atoms with E-state index in [4.69, 9.17) is 27.2 Å². The second-order valence-corrected chi connectivity index (χ2v) is 4.81. The number of nitrogens with two attached hydrogens (primary N) is 1. The molecule has 0 saturated carbocycles. The molecule has 0 bridgehead atoms. The van der Waals surface area contributed by atoms with Gasteiger partial charge in [-0.15, -0.1) is 0 Å². The SMILES string of the molecule is COc1cc(C(CN)C(=O)O)cc(Cl)c1C(C)C. The summed E-state index contributed by atoms with van der Waals surface area (Å²) in [5.74, 6) is -0.930. The maximum absolute atomic E-state index is 11.1. The first-order chi connectivity index (χ1) is 8.42. The fourth-order valence-corrected chi connectivity index (χ4v) is 2.36. The highest BCUT2D eigenvalue weighted by Crippen LogP contribution is 2.36. The van der Waals surface area contributed by atoms with Crippen LogP contribution in [-0.4, -0.2) is 24.7 Å². The first-order valence-electron chi connectivity index (χ1n) is 5.72. The summed E-state index contributed by atoms with van der Waals surface area (Å²) in [4.78, 5) is 11.1. The van der Waals surface area contributed by atoms with E-state index in [-0.39, 0.29) is 12.5 Å². The molecule has 4 nitrogen and oxygen atoms in total. The maximum atomic E-state index is 11.1. The van der Waals surface area contributed by atoms with Crippen molar-refractivity contribution in [3.63, 3.8) is 0 Å². The Morgan fingerprint density at radius 2 is 2.11 bits per heavy atom. The number of hydrogen-bond acceptors (Lipinski definition) is 3. The minimum absolute atomic E-state index is 0.0237. The Morgan fingerprint density at radius 1 is 1.50 bits per heavy atom. The Balaban J connectivity index is 3.34. The highest BCUT2D eigenvalue weighted by atomic mass is 35.5. The van der Waals surface area contributed by atoms with E-state index in [0.717, 1.165) is 5.56 Å². The summed E-state index contributed by atoms with van der Waals surface area (Å²) in [7, 11) is 1.54. The van der Waals surface area contributed by atoms with Gasteiger partial charge in [-0.3, -0.25) is 4.79 Å². The molecule has 1 rings (SSSR count). The zero-order valence-corrected chi connectivity index (χ0v) is 11.5. The van der Waals surface area contributed by atoms with Crippen LogP contribution in [0.4, 0.5) is 0 Å². The summed E-state index contributed by atoms with van der Waals surface area (Å²) < 4.78 is 5.28. The van der Waals surface area contributed by atoms with E-state index in [0.29, 0.717) is 16.3 Å². The highest BCUT2D eigenvalue weighted by molar-refractivity contribution is 6.31. The third-order valence-electron chi connectivity index (χ3n) is 2.85. The Hall–Kier alpha value is -1.26. The molecule has 1 aromatic carbocycles. The molecule has 1 aromatic rings. The van der Waals surface area contributed by atoms with Gasteiger partial charge in [0.25, 0.3) is 0 Å². The number of carbonyl (C=O) groups is 1. The lowest BCUT2D eigenvalue weighted by atomic mass is 9.94. The number of halogens is 1. The average Bonchev–Trinajstić information content (AvgIpc) is 2.27. The van der Waals surface area contributed by atoms with E-state index in [9.17, 15) is 4.79 Å². The molecule has 1 atom stereocenters. The van der Waals surface area contributed by atoms with E-state index in [2.05, 4.69) is 0 Å². The van der Waals surface area contributed by atoms with Gasteiger partial charge < -0.3 is 15.6 Å². The number of aliphatic carboxylic acids is 1. The first kappa shape index (κ1) is 14.8. The molecule has 0 aliphatic heterocycles.